The summed E-state index contributed by atoms with van der Waals surface area (Å²) >= 11 is 0. The van der Waals surface area contributed by atoms with Crippen LogP contribution >= 0.6 is 0 Å². The van der Waals surface area contributed by atoms with Gasteiger partial charge in [-0.3, -0.25) is 4.79 Å². The Balaban J connectivity index is 2.81. The maximum absolute atomic E-state index is 11.2. The molecule has 1 amide bonds. The van der Waals surface area contributed by atoms with E-state index in [1.165, 1.54) is 12.1 Å². The van der Waals surface area contributed by atoms with Crippen LogP contribution in [0.25, 0.3) is 0 Å². The molecular formula is C11H15N3O5. The Kier molecular flexibility index (Phi) is 5.24. The van der Waals surface area contributed by atoms with E-state index in [4.69, 9.17) is 15.9 Å². The second-order valence-corrected chi connectivity index (χ2v) is 3.68. The number of carbonyl (C=O) groups is 1. The van der Waals surface area contributed by atoms with Crippen molar-refractivity contribution >= 4 is 12.1 Å². The monoisotopic (exact) mass is 269 g/mol. The number of carbonyl (C=O) groups excluding carboxylic acids is 1. The highest BCUT2D eigenvalue weighted by molar-refractivity contribution is 5.87. The molecule has 0 aliphatic carbocycles. The van der Waals surface area contributed by atoms with E-state index < -0.39 is 25.2 Å². The molecule has 0 spiro atoms. The first-order valence-corrected chi connectivity index (χ1v) is 5.35. The van der Waals surface area contributed by atoms with Crippen LogP contribution in [0.1, 0.15) is 11.1 Å². The van der Waals surface area contributed by atoms with E-state index in [9.17, 15) is 15.0 Å². The van der Waals surface area contributed by atoms with Crippen LogP contribution in [0, 0.1) is 0 Å². The molecular weight excluding hydrogens is 254 g/mol. The summed E-state index contributed by atoms with van der Waals surface area (Å²) in [5.41, 5.74) is 7.47. The van der Waals surface area contributed by atoms with Crippen LogP contribution < -0.4 is 11.2 Å². The molecule has 0 aromatic heterocycles. The number of nitrogens with zero attached hydrogens (tertiary/aromatic N) is 1. The summed E-state index contributed by atoms with van der Waals surface area (Å²) in [4.78, 5) is 11.2. The third kappa shape index (κ3) is 3.65. The lowest BCUT2D eigenvalue weighted by molar-refractivity contribution is -0.123. The van der Waals surface area contributed by atoms with Crippen molar-refractivity contribution in [2.24, 2.45) is 10.8 Å². The van der Waals surface area contributed by atoms with Gasteiger partial charge >= 0.3 is 0 Å². The number of benzene rings is 1. The van der Waals surface area contributed by atoms with Gasteiger partial charge in [0, 0.05) is 5.56 Å². The Morgan fingerprint density at radius 1 is 1.42 bits per heavy atom. The molecule has 1 atom stereocenters. The molecule has 1 unspecified atom stereocenters. The van der Waals surface area contributed by atoms with Gasteiger partial charge in [-0.1, -0.05) is 0 Å². The second kappa shape index (κ2) is 6.69. The quantitative estimate of drug-likeness (QED) is 0.279. The fourth-order valence-corrected chi connectivity index (χ4v) is 1.24. The molecule has 7 N–H and O–H groups in total. The van der Waals surface area contributed by atoms with E-state index in [2.05, 4.69) is 10.5 Å². The van der Waals surface area contributed by atoms with E-state index in [0.717, 1.165) is 6.21 Å². The molecule has 8 heteroatoms. The highest BCUT2D eigenvalue weighted by Crippen LogP contribution is 2.29. The summed E-state index contributed by atoms with van der Waals surface area (Å²) in [6.45, 7) is -1.05. The molecule has 1 aromatic rings. The summed E-state index contributed by atoms with van der Waals surface area (Å²) in [7, 11) is 0. The number of aliphatic hydroxyl groups excluding tert-OH is 2. The van der Waals surface area contributed by atoms with Gasteiger partial charge in [0.05, 0.1) is 25.0 Å². The first-order valence-electron chi connectivity index (χ1n) is 5.35. The Morgan fingerprint density at radius 3 is 2.68 bits per heavy atom. The van der Waals surface area contributed by atoms with Crippen LogP contribution in [-0.4, -0.2) is 45.2 Å². The lowest BCUT2D eigenvalue weighted by atomic mass is 10.1. The van der Waals surface area contributed by atoms with E-state index in [-0.39, 0.29) is 22.6 Å². The Labute approximate surface area is 108 Å². The molecule has 0 bridgehead atoms. The average molecular weight is 269 g/mol. The van der Waals surface area contributed by atoms with E-state index in [1.807, 2.05) is 0 Å². The van der Waals surface area contributed by atoms with Crippen LogP contribution in [-0.2, 0) is 11.4 Å². The Morgan fingerprint density at radius 2 is 2.11 bits per heavy atom. The van der Waals surface area contributed by atoms with Crippen molar-refractivity contribution in [3.63, 3.8) is 0 Å². The molecule has 0 aliphatic heterocycles. The highest BCUT2D eigenvalue weighted by atomic mass is 16.3. The number of aromatic hydroxyl groups is 2. The largest absolute Gasteiger partial charge is 0.507 e. The van der Waals surface area contributed by atoms with Crippen molar-refractivity contribution < 1.29 is 25.2 Å². The minimum atomic E-state index is -1.08. The number of hydrogen-bond acceptors (Lipinski definition) is 7. The number of aliphatic hydroxyl groups is 2. The minimum absolute atomic E-state index is 0.0395. The minimum Gasteiger partial charge on any atom is -0.507 e. The summed E-state index contributed by atoms with van der Waals surface area (Å²) in [5, 5.41) is 40.2. The molecule has 0 heterocycles. The van der Waals surface area contributed by atoms with Gasteiger partial charge in [-0.2, -0.15) is 5.10 Å². The van der Waals surface area contributed by atoms with Gasteiger partial charge < -0.3 is 26.2 Å². The van der Waals surface area contributed by atoms with Gasteiger partial charge in [0.15, 0.2) is 0 Å². The predicted octanol–water partition coefficient (Wildman–Crippen LogP) is -1.64. The molecule has 1 aromatic carbocycles. The normalized spacial score (nSPS) is 12.6. The van der Waals surface area contributed by atoms with Crippen LogP contribution in [0.15, 0.2) is 17.2 Å². The molecule has 104 valence electrons. The highest BCUT2D eigenvalue weighted by Gasteiger charge is 2.12. The van der Waals surface area contributed by atoms with Crippen molar-refractivity contribution in [2.75, 3.05) is 6.61 Å². The average Bonchev–Trinajstić information content (AvgIpc) is 2.40. The Bertz CT molecular complexity index is 489. The molecule has 0 aliphatic rings. The fourth-order valence-electron chi connectivity index (χ4n) is 1.24. The van der Waals surface area contributed by atoms with Gasteiger partial charge in [0.1, 0.15) is 17.5 Å². The molecule has 19 heavy (non-hydrogen) atoms. The lowest BCUT2D eigenvalue weighted by Gasteiger charge is -2.07. The van der Waals surface area contributed by atoms with Crippen LogP contribution in [0.3, 0.4) is 0 Å². The zero-order chi connectivity index (χ0) is 14.4. The summed E-state index contributed by atoms with van der Waals surface area (Å²) in [5.74, 6) is -1.27. The molecule has 0 radical (unpaired) electrons. The number of hydrogen-bond donors (Lipinski definition) is 6. The fraction of sp³-hybridized carbons (Fsp3) is 0.273. The predicted molar refractivity (Wildman–Crippen MR) is 66.5 cm³/mol. The van der Waals surface area contributed by atoms with E-state index in [1.54, 1.807) is 0 Å². The third-order valence-corrected chi connectivity index (χ3v) is 2.36. The number of rotatable bonds is 5. The first-order chi connectivity index (χ1) is 9.01. The van der Waals surface area contributed by atoms with Gasteiger partial charge in [0.25, 0.3) is 5.91 Å². The van der Waals surface area contributed by atoms with E-state index in [0.29, 0.717) is 0 Å². The third-order valence-electron chi connectivity index (χ3n) is 2.36. The van der Waals surface area contributed by atoms with Crippen LogP contribution in [0.5, 0.6) is 11.5 Å². The van der Waals surface area contributed by atoms with E-state index >= 15 is 0 Å². The Hall–Kier alpha value is -2.16. The number of amides is 1. The molecule has 0 saturated carbocycles. The zero-order valence-corrected chi connectivity index (χ0v) is 9.95. The number of nitrogens with one attached hydrogen (secondary N) is 1. The first kappa shape index (κ1) is 14.9. The van der Waals surface area contributed by atoms with Crippen molar-refractivity contribution in [1.82, 2.24) is 5.43 Å². The SMILES string of the molecule is NC(CO)C(=O)N/N=C/c1ccc(O)c(CO)c1O. The maximum Gasteiger partial charge on any atom is 0.259 e. The summed E-state index contributed by atoms with van der Waals surface area (Å²) in [6, 6.07) is 1.54. The van der Waals surface area contributed by atoms with Crippen molar-refractivity contribution in [2.45, 2.75) is 12.6 Å². The van der Waals surface area contributed by atoms with Crippen molar-refractivity contribution in [1.29, 1.82) is 0 Å². The number of phenols is 2. The zero-order valence-electron chi connectivity index (χ0n) is 9.95. The van der Waals surface area contributed by atoms with Gasteiger partial charge in [-0.05, 0) is 12.1 Å². The second-order valence-electron chi connectivity index (χ2n) is 3.68. The van der Waals surface area contributed by atoms with Crippen molar-refractivity contribution in [3.05, 3.63) is 23.3 Å². The molecule has 0 fully saturated rings. The van der Waals surface area contributed by atoms with Gasteiger partial charge in [-0.15, -0.1) is 0 Å². The van der Waals surface area contributed by atoms with Crippen LogP contribution in [0.2, 0.25) is 0 Å². The molecule has 1 rings (SSSR count). The van der Waals surface area contributed by atoms with Gasteiger partial charge in [0.2, 0.25) is 0 Å². The van der Waals surface area contributed by atoms with Crippen LogP contribution in [0.4, 0.5) is 0 Å². The number of hydrazone groups is 1. The summed E-state index contributed by atoms with van der Waals surface area (Å²) < 4.78 is 0. The molecule has 0 saturated heterocycles. The number of nitrogens with two attached hydrogens (primary N) is 1. The standard InChI is InChI=1S/C11H15N3O5/c12-8(5-16)11(19)14-13-3-6-1-2-9(17)7(4-15)10(6)18/h1-3,8,15-18H,4-5,12H2,(H,14,19)/b13-3+. The molecule has 8 nitrogen and oxygen atoms in total. The van der Waals surface area contributed by atoms with Crippen molar-refractivity contribution in [3.8, 4) is 11.5 Å². The topological polar surface area (TPSA) is 148 Å². The summed E-state index contributed by atoms with van der Waals surface area (Å²) in [6.07, 6.45) is 1.12. The lowest BCUT2D eigenvalue weighted by Crippen LogP contribution is -2.40. The maximum atomic E-state index is 11.2. The smallest absolute Gasteiger partial charge is 0.259 e. The van der Waals surface area contributed by atoms with Gasteiger partial charge in [-0.25, -0.2) is 5.43 Å².